The molecule has 134 valence electrons. The summed E-state index contributed by atoms with van der Waals surface area (Å²) in [6, 6.07) is 5.81. The number of anilines is 2. The SMILES string of the molecule is Cc1cc(N(C)C)ccc1NC(=O)NCCO[C@@H]1CCCC[C@@H]1C. The number of amides is 2. The Hall–Kier alpha value is -1.75. The number of urea groups is 1. The second-order valence-corrected chi connectivity index (χ2v) is 6.95. The van der Waals surface area contributed by atoms with Crippen molar-refractivity contribution in [3.63, 3.8) is 0 Å². The minimum Gasteiger partial charge on any atom is -0.378 e. The Balaban J connectivity index is 1.71. The molecular formula is C19H31N3O2. The third kappa shape index (κ3) is 5.41. The second-order valence-electron chi connectivity index (χ2n) is 6.95. The maximum atomic E-state index is 12.0. The molecule has 2 rings (SSSR count). The van der Waals surface area contributed by atoms with E-state index >= 15 is 0 Å². The number of rotatable bonds is 6. The lowest BCUT2D eigenvalue weighted by atomic mass is 9.88. The smallest absolute Gasteiger partial charge is 0.319 e. The quantitative estimate of drug-likeness (QED) is 0.779. The van der Waals surface area contributed by atoms with Crippen molar-refractivity contribution in [1.82, 2.24) is 5.32 Å². The number of nitrogens with zero attached hydrogens (tertiary/aromatic N) is 1. The van der Waals surface area contributed by atoms with Crippen LogP contribution in [0.3, 0.4) is 0 Å². The topological polar surface area (TPSA) is 53.6 Å². The zero-order valence-electron chi connectivity index (χ0n) is 15.4. The lowest BCUT2D eigenvalue weighted by Gasteiger charge is -2.28. The van der Waals surface area contributed by atoms with Crippen LogP contribution in [0.5, 0.6) is 0 Å². The molecule has 1 aromatic rings. The number of hydrogen-bond donors (Lipinski definition) is 2. The van der Waals surface area contributed by atoms with Crippen molar-refractivity contribution in [3.8, 4) is 0 Å². The highest BCUT2D eigenvalue weighted by molar-refractivity contribution is 5.90. The van der Waals surface area contributed by atoms with E-state index in [9.17, 15) is 4.79 Å². The fourth-order valence-electron chi connectivity index (χ4n) is 3.14. The van der Waals surface area contributed by atoms with Gasteiger partial charge in [0, 0.05) is 32.0 Å². The zero-order valence-corrected chi connectivity index (χ0v) is 15.4. The number of benzene rings is 1. The van der Waals surface area contributed by atoms with Gasteiger partial charge in [0.25, 0.3) is 0 Å². The van der Waals surface area contributed by atoms with Crippen LogP contribution in [-0.2, 0) is 4.74 Å². The maximum Gasteiger partial charge on any atom is 0.319 e. The van der Waals surface area contributed by atoms with Gasteiger partial charge < -0.3 is 20.3 Å². The van der Waals surface area contributed by atoms with Gasteiger partial charge in [0.1, 0.15) is 0 Å². The maximum absolute atomic E-state index is 12.0. The third-order valence-corrected chi connectivity index (χ3v) is 4.73. The number of hydrogen-bond acceptors (Lipinski definition) is 3. The molecule has 1 saturated carbocycles. The molecule has 1 aliphatic carbocycles. The van der Waals surface area contributed by atoms with Gasteiger partial charge in [0.15, 0.2) is 0 Å². The van der Waals surface area contributed by atoms with Crippen molar-refractivity contribution in [3.05, 3.63) is 23.8 Å². The van der Waals surface area contributed by atoms with Crippen molar-refractivity contribution >= 4 is 17.4 Å². The highest BCUT2D eigenvalue weighted by atomic mass is 16.5. The summed E-state index contributed by atoms with van der Waals surface area (Å²) >= 11 is 0. The Labute approximate surface area is 145 Å². The molecule has 24 heavy (non-hydrogen) atoms. The summed E-state index contributed by atoms with van der Waals surface area (Å²) in [6.07, 6.45) is 5.31. The van der Waals surface area contributed by atoms with E-state index in [1.54, 1.807) is 0 Å². The van der Waals surface area contributed by atoms with Crippen LogP contribution in [0.2, 0.25) is 0 Å². The van der Waals surface area contributed by atoms with Gasteiger partial charge in [-0.2, -0.15) is 0 Å². The molecule has 1 aliphatic rings. The number of ether oxygens (including phenoxy) is 1. The molecule has 5 nitrogen and oxygen atoms in total. The Bertz CT molecular complexity index is 545. The largest absolute Gasteiger partial charge is 0.378 e. The van der Waals surface area contributed by atoms with Gasteiger partial charge in [-0.25, -0.2) is 4.79 Å². The zero-order chi connectivity index (χ0) is 17.5. The van der Waals surface area contributed by atoms with E-state index in [-0.39, 0.29) is 6.03 Å². The summed E-state index contributed by atoms with van der Waals surface area (Å²) < 4.78 is 5.91. The van der Waals surface area contributed by atoms with Gasteiger partial charge in [-0.1, -0.05) is 19.8 Å². The number of carbonyl (C=O) groups excluding carboxylic acids is 1. The summed E-state index contributed by atoms with van der Waals surface area (Å²) in [5, 5.41) is 5.76. The van der Waals surface area contributed by atoms with Crippen LogP contribution < -0.4 is 15.5 Å². The molecule has 0 unspecified atom stereocenters. The Morgan fingerprint density at radius 2 is 2.04 bits per heavy atom. The van der Waals surface area contributed by atoms with Gasteiger partial charge in [-0.3, -0.25) is 0 Å². The van der Waals surface area contributed by atoms with E-state index in [2.05, 4.69) is 23.6 Å². The predicted molar refractivity (Wildman–Crippen MR) is 99.9 cm³/mol. The van der Waals surface area contributed by atoms with E-state index in [0.29, 0.717) is 25.2 Å². The highest BCUT2D eigenvalue weighted by Gasteiger charge is 2.21. The van der Waals surface area contributed by atoms with Crippen molar-refractivity contribution in [2.45, 2.75) is 45.6 Å². The van der Waals surface area contributed by atoms with E-state index < -0.39 is 0 Å². The third-order valence-electron chi connectivity index (χ3n) is 4.73. The number of aryl methyl sites for hydroxylation is 1. The first-order valence-electron chi connectivity index (χ1n) is 8.92. The van der Waals surface area contributed by atoms with Crippen molar-refractivity contribution in [2.75, 3.05) is 37.5 Å². The van der Waals surface area contributed by atoms with Crippen LogP contribution in [0, 0.1) is 12.8 Å². The van der Waals surface area contributed by atoms with Gasteiger partial charge in [-0.05, 0) is 49.4 Å². The van der Waals surface area contributed by atoms with E-state index in [1.165, 1.54) is 19.3 Å². The van der Waals surface area contributed by atoms with Crippen molar-refractivity contribution < 1.29 is 9.53 Å². The van der Waals surface area contributed by atoms with Crippen LogP contribution in [-0.4, -0.2) is 39.4 Å². The summed E-state index contributed by atoms with van der Waals surface area (Å²) in [4.78, 5) is 14.1. The molecule has 0 aliphatic heterocycles. The van der Waals surface area contributed by atoms with Crippen LogP contribution >= 0.6 is 0 Å². The first kappa shape index (κ1) is 18.6. The van der Waals surface area contributed by atoms with Crippen molar-refractivity contribution in [1.29, 1.82) is 0 Å². The molecule has 0 bridgehead atoms. The Morgan fingerprint density at radius 1 is 1.29 bits per heavy atom. The average molecular weight is 333 g/mol. The first-order valence-corrected chi connectivity index (χ1v) is 8.92. The fourth-order valence-corrected chi connectivity index (χ4v) is 3.14. The summed E-state index contributed by atoms with van der Waals surface area (Å²) in [5.41, 5.74) is 3.00. The summed E-state index contributed by atoms with van der Waals surface area (Å²) in [5.74, 6) is 0.630. The molecule has 0 saturated heterocycles. The molecule has 1 aromatic carbocycles. The molecule has 2 atom stereocenters. The van der Waals surface area contributed by atoms with Gasteiger partial charge in [0.2, 0.25) is 0 Å². The molecule has 0 aromatic heterocycles. The van der Waals surface area contributed by atoms with E-state index in [4.69, 9.17) is 4.74 Å². The minimum atomic E-state index is -0.184. The van der Waals surface area contributed by atoms with E-state index in [0.717, 1.165) is 23.4 Å². The molecule has 0 spiro atoms. The molecule has 1 fully saturated rings. The van der Waals surface area contributed by atoms with Crippen LogP contribution in [0.25, 0.3) is 0 Å². The monoisotopic (exact) mass is 333 g/mol. The van der Waals surface area contributed by atoms with Crippen LogP contribution in [0.1, 0.15) is 38.2 Å². The highest BCUT2D eigenvalue weighted by Crippen LogP contribution is 2.26. The lowest BCUT2D eigenvalue weighted by molar-refractivity contribution is -0.00232. The van der Waals surface area contributed by atoms with Crippen molar-refractivity contribution in [2.24, 2.45) is 5.92 Å². The molecule has 5 heteroatoms. The number of carbonyl (C=O) groups is 1. The van der Waals surface area contributed by atoms with Gasteiger partial charge in [0.05, 0.1) is 12.7 Å². The predicted octanol–water partition coefficient (Wildman–Crippen LogP) is 3.78. The fraction of sp³-hybridized carbons (Fsp3) is 0.632. The van der Waals surface area contributed by atoms with Crippen LogP contribution in [0.4, 0.5) is 16.2 Å². The lowest BCUT2D eigenvalue weighted by Crippen LogP contribution is -2.34. The normalized spacial score (nSPS) is 20.5. The molecular weight excluding hydrogens is 302 g/mol. The first-order chi connectivity index (χ1) is 11.5. The Morgan fingerprint density at radius 3 is 2.71 bits per heavy atom. The second kappa shape index (κ2) is 8.92. The van der Waals surface area contributed by atoms with Crippen LogP contribution in [0.15, 0.2) is 18.2 Å². The molecule has 0 heterocycles. The minimum absolute atomic E-state index is 0.184. The standard InChI is InChI=1S/C19H31N3O2/c1-14-7-5-6-8-18(14)24-12-11-20-19(23)21-17-10-9-16(22(3)4)13-15(17)2/h9-10,13-14,18H,5-8,11-12H2,1-4H3,(H2,20,21,23)/t14-,18+/m0/s1. The summed E-state index contributed by atoms with van der Waals surface area (Å²) in [7, 11) is 4.00. The molecule has 0 radical (unpaired) electrons. The average Bonchev–Trinajstić information content (AvgIpc) is 2.55. The Kier molecular flexibility index (Phi) is 6.91. The van der Waals surface area contributed by atoms with Gasteiger partial charge in [-0.15, -0.1) is 0 Å². The summed E-state index contributed by atoms with van der Waals surface area (Å²) in [6.45, 7) is 5.35. The molecule has 2 N–H and O–H groups in total. The van der Waals surface area contributed by atoms with E-state index in [1.807, 2.05) is 38.1 Å². The number of nitrogens with one attached hydrogen (secondary N) is 2. The van der Waals surface area contributed by atoms with Gasteiger partial charge >= 0.3 is 6.03 Å². The molecule has 2 amide bonds.